The van der Waals surface area contributed by atoms with Gasteiger partial charge in [0.15, 0.2) is 18.1 Å². The normalized spacial score (nSPS) is 11.7. The Morgan fingerprint density at radius 1 is 1.06 bits per heavy atom. The summed E-state index contributed by atoms with van der Waals surface area (Å²) >= 11 is 0. The molecule has 2 aromatic rings. The van der Waals surface area contributed by atoms with Gasteiger partial charge in [-0.3, -0.25) is 4.79 Å². The van der Waals surface area contributed by atoms with Crippen LogP contribution in [-0.4, -0.2) is 31.7 Å². The maximum atomic E-state index is 12.6. The van der Waals surface area contributed by atoms with Crippen molar-refractivity contribution in [1.82, 2.24) is 5.32 Å². The molecule has 0 saturated heterocycles. The van der Waals surface area contributed by atoms with Crippen molar-refractivity contribution in [3.63, 3.8) is 0 Å². The smallest absolute Gasteiger partial charge is 0.344 e. The van der Waals surface area contributed by atoms with Crippen LogP contribution in [0.25, 0.3) is 6.08 Å². The average Bonchev–Trinajstić information content (AvgIpc) is 2.77. The Labute approximate surface area is 182 Å². The lowest BCUT2D eigenvalue weighted by Gasteiger charge is -2.14. The van der Waals surface area contributed by atoms with Gasteiger partial charge in [-0.05, 0) is 50.1 Å². The van der Waals surface area contributed by atoms with E-state index in [0.29, 0.717) is 23.7 Å². The topological polar surface area (TPSA) is 97.7 Å². The van der Waals surface area contributed by atoms with Crippen LogP contribution in [0.4, 0.5) is 0 Å². The van der Waals surface area contributed by atoms with Crippen molar-refractivity contribution < 1.29 is 23.8 Å². The fourth-order valence-electron chi connectivity index (χ4n) is 2.76. The van der Waals surface area contributed by atoms with Gasteiger partial charge in [-0.25, -0.2) is 4.79 Å². The summed E-state index contributed by atoms with van der Waals surface area (Å²) in [5, 5.41) is 12.3. The summed E-state index contributed by atoms with van der Waals surface area (Å²) in [6.45, 7) is 5.79. The molecule has 2 aromatic carbocycles. The maximum absolute atomic E-state index is 12.6. The number of carbonyl (C=O) groups is 2. The molecule has 0 fully saturated rings. The van der Waals surface area contributed by atoms with Gasteiger partial charge < -0.3 is 19.5 Å². The third-order valence-electron chi connectivity index (χ3n) is 4.24. The number of nitrogens with zero attached hydrogens (tertiary/aromatic N) is 1. The molecule has 0 aliphatic carbocycles. The Kier molecular flexibility index (Phi) is 9.12. The summed E-state index contributed by atoms with van der Waals surface area (Å²) in [4.78, 5) is 24.1. The van der Waals surface area contributed by atoms with Gasteiger partial charge in [-0.1, -0.05) is 36.4 Å². The third-order valence-corrected chi connectivity index (χ3v) is 4.24. The molecule has 0 bridgehead atoms. The molecule has 1 N–H and O–H groups in total. The van der Waals surface area contributed by atoms with Crippen LogP contribution in [0.2, 0.25) is 0 Å². The molecule has 0 radical (unpaired) electrons. The van der Waals surface area contributed by atoms with Gasteiger partial charge in [0.25, 0.3) is 5.91 Å². The van der Waals surface area contributed by atoms with Crippen molar-refractivity contribution in [3.05, 3.63) is 65.2 Å². The van der Waals surface area contributed by atoms with E-state index in [1.54, 1.807) is 25.1 Å². The van der Waals surface area contributed by atoms with E-state index in [-0.39, 0.29) is 24.8 Å². The Bertz CT molecular complexity index is 964. The van der Waals surface area contributed by atoms with Crippen molar-refractivity contribution in [2.45, 2.75) is 26.8 Å². The molecule has 7 heteroatoms. The largest absolute Gasteiger partial charge is 0.490 e. The van der Waals surface area contributed by atoms with Gasteiger partial charge >= 0.3 is 5.97 Å². The number of esters is 1. The molecule has 31 heavy (non-hydrogen) atoms. The number of nitriles is 1. The van der Waals surface area contributed by atoms with Crippen LogP contribution in [0.5, 0.6) is 11.5 Å². The molecule has 0 saturated carbocycles. The fraction of sp³-hybridized carbons (Fsp3) is 0.292. The van der Waals surface area contributed by atoms with Crippen molar-refractivity contribution in [2.75, 3.05) is 19.8 Å². The van der Waals surface area contributed by atoms with Crippen molar-refractivity contribution in [2.24, 2.45) is 0 Å². The average molecular weight is 422 g/mol. The first-order valence-corrected chi connectivity index (χ1v) is 10.0. The highest BCUT2D eigenvalue weighted by atomic mass is 16.6. The van der Waals surface area contributed by atoms with Crippen LogP contribution in [0.15, 0.2) is 54.1 Å². The van der Waals surface area contributed by atoms with Gasteiger partial charge in [0.1, 0.15) is 11.6 Å². The molecule has 0 heterocycles. The Hall–Kier alpha value is -3.79. The van der Waals surface area contributed by atoms with E-state index in [0.717, 1.165) is 5.56 Å². The molecule has 1 atom stereocenters. The van der Waals surface area contributed by atoms with Gasteiger partial charge in [-0.2, -0.15) is 5.26 Å². The molecule has 1 amide bonds. The van der Waals surface area contributed by atoms with E-state index in [1.807, 2.05) is 50.2 Å². The predicted octanol–water partition coefficient (Wildman–Crippen LogP) is 3.81. The van der Waals surface area contributed by atoms with Crippen LogP contribution < -0.4 is 14.8 Å². The summed E-state index contributed by atoms with van der Waals surface area (Å²) in [5.41, 5.74) is 1.49. The van der Waals surface area contributed by atoms with Crippen LogP contribution >= 0.6 is 0 Å². The predicted molar refractivity (Wildman–Crippen MR) is 116 cm³/mol. The van der Waals surface area contributed by atoms with Crippen molar-refractivity contribution in [3.8, 4) is 17.6 Å². The summed E-state index contributed by atoms with van der Waals surface area (Å²) in [6, 6.07) is 16.1. The number of nitrogens with one attached hydrogen (secondary N) is 1. The highest BCUT2D eigenvalue weighted by Gasteiger charge is 2.15. The second-order valence-electron chi connectivity index (χ2n) is 6.51. The van der Waals surface area contributed by atoms with E-state index >= 15 is 0 Å². The van der Waals surface area contributed by atoms with E-state index in [9.17, 15) is 14.9 Å². The number of hydrogen-bond donors (Lipinski definition) is 1. The molecule has 0 spiro atoms. The number of carbonyl (C=O) groups excluding carboxylic acids is 2. The fourth-order valence-corrected chi connectivity index (χ4v) is 2.76. The molecule has 0 aliphatic rings. The molecule has 7 nitrogen and oxygen atoms in total. The van der Waals surface area contributed by atoms with E-state index in [1.165, 1.54) is 6.08 Å². The molecule has 2 rings (SSSR count). The number of ether oxygens (including phenoxy) is 3. The van der Waals surface area contributed by atoms with Crippen LogP contribution in [0.3, 0.4) is 0 Å². The van der Waals surface area contributed by atoms with Crippen LogP contribution in [0.1, 0.15) is 37.9 Å². The molecular formula is C24H26N2O5. The number of hydrogen-bond acceptors (Lipinski definition) is 6. The second-order valence-corrected chi connectivity index (χ2v) is 6.51. The number of amides is 1. The zero-order valence-electron chi connectivity index (χ0n) is 17.9. The summed E-state index contributed by atoms with van der Waals surface area (Å²) in [5.74, 6) is -0.187. The summed E-state index contributed by atoms with van der Waals surface area (Å²) < 4.78 is 15.9. The van der Waals surface area contributed by atoms with Gasteiger partial charge in [0.05, 0.1) is 19.3 Å². The minimum Gasteiger partial charge on any atom is -0.490 e. The molecule has 0 aliphatic heterocycles. The van der Waals surface area contributed by atoms with Crippen LogP contribution in [-0.2, 0) is 14.3 Å². The maximum Gasteiger partial charge on any atom is 0.344 e. The molecule has 0 unspecified atom stereocenters. The standard InChI is InChI=1S/C24H26N2O5/c1-4-29-22-14-18(11-12-21(22)31-16-23(27)30-5-2)13-20(15-25)24(28)26-17(3)19-9-7-6-8-10-19/h6-14,17H,4-5,16H2,1-3H3,(H,26,28)/b20-13+/t17-/m1/s1. The Morgan fingerprint density at radius 3 is 2.45 bits per heavy atom. The zero-order valence-corrected chi connectivity index (χ0v) is 17.9. The Balaban J connectivity index is 2.17. The highest BCUT2D eigenvalue weighted by Crippen LogP contribution is 2.29. The van der Waals surface area contributed by atoms with Gasteiger partial charge in [0.2, 0.25) is 0 Å². The first-order valence-electron chi connectivity index (χ1n) is 10.0. The number of rotatable bonds is 10. The second kappa shape index (κ2) is 12.0. The lowest BCUT2D eigenvalue weighted by molar-refractivity contribution is -0.145. The summed E-state index contributed by atoms with van der Waals surface area (Å²) in [7, 11) is 0. The SMILES string of the molecule is CCOC(=O)COc1ccc(/C=C(\C#N)C(=O)N[C@H](C)c2ccccc2)cc1OCC. The first-order chi connectivity index (χ1) is 15.0. The highest BCUT2D eigenvalue weighted by molar-refractivity contribution is 6.01. The minimum absolute atomic E-state index is 0.0366. The first kappa shape index (κ1) is 23.5. The minimum atomic E-state index is -0.482. The molecular weight excluding hydrogens is 396 g/mol. The van der Waals surface area contributed by atoms with E-state index in [2.05, 4.69) is 5.32 Å². The number of benzene rings is 2. The van der Waals surface area contributed by atoms with E-state index < -0.39 is 11.9 Å². The van der Waals surface area contributed by atoms with Crippen molar-refractivity contribution >= 4 is 18.0 Å². The van der Waals surface area contributed by atoms with Crippen molar-refractivity contribution in [1.29, 1.82) is 5.26 Å². The van der Waals surface area contributed by atoms with E-state index in [4.69, 9.17) is 14.2 Å². The Morgan fingerprint density at radius 2 is 1.81 bits per heavy atom. The van der Waals surface area contributed by atoms with Gasteiger partial charge in [0, 0.05) is 0 Å². The molecule has 162 valence electrons. The lowest BCUT2D eigenvalue weighted by atomic mass is 10.1. The third kappa shape index (κ3) is 7.19. The molecule has 0 aromatic heterocycles. The van der Waals surface area contributed by atoms with Crippen LogP contribution in [0, 0.1) is 11.3 Å². The van der Waals surface area contributed by atoms with Gasteiger partial charge in [-0.15, -0.1) is 0 Å². The quantitative estimate of drug-likeness (QED) is 0.355. The monoisotopic (exact) mass is 422 g/mol. The zero-order chi connectivity index (χ0) is 22.6. The lowest BCUT2D eigenvalue weighted by Crippen LogP contribution is -2.27. The summed E-state index contributed by atoms with van der Waals surface area (Å²) in [6.07, 6.45) is 1.48.